The number of allylic oxidation sites excluding steroid dienone is 1. The van der Waals surface area contributed by atoms with E-state index in [4.69, 9.17) is 9.47 Å². The lowest BCUT2D eigenvalue weighted by atomic mass is 9.58. The lowest BCUT2D eigenvalue weighted by molar-refractivity contribution is 0.0776. The van der Waals surface area contributed by atoms with Crippen molar-refractivity contribution in [2.24, 2.45) is 22.7 Å². The molecule has 3 heteroatoms. The maximum atomic E-state index is 13.6. The van der Waals surface area contributed by atoms with E-state index < -0.39 is 0 Å². The summed E-state index contributed by atoms with van der Waals surface area (Å²) in [5.74, 6) is 1.67. The molecule has 3 nitrogen and oxygen atoms in total. The van der Waals surface area contributed by atoms with Gasteiger partial charge in [0.05, 0.1) is 25.7 Å². The second-order valence-corrected chi connectivity index (χ2v) is 10.0. The van der Waals surface area contributed by atoms with Gasteiger partial charge < -0.3 is 9.47 Å². The molecule has 3 aliphatic rings. The third-order valence-corrected chi connectivity index (χ3v) is 7.20. The van der Waals surface area contributed by atoms with Crippen molar-refractivity contribution in [1.29, 1.82) is 0 Å². The Morgan fingerprint density at radius 2 is 1.89 bits per heavy atom. The van der Waals surface area contributed by atoms with Crippen molar-refractivity contribution in [3.8, 4) is 5.75 Å². The Labute approximate surface area is 163 Å². The second kappa shape index (κ2) is 6.48. The number of carbonyl (C=O) groups is 1. The van der Waals surface area contributed by atoms with Crippen LogP contribution in [0.5, 0.6) is 5.75 Å². The summed E-state index contributed by atoms with van der Waals surface area (Å²) in [5, 5.41) is 0. The van der Waals surface area contributed by atoms with Crippen molar-refractivity contribution in [2.45, 2.75) is 59.5 Å². The van der Waals surface area contributed by atoms with Crippen LogP contribution in [0.15, 0.2) is 35.4 Å². The normalized spacial score (nSPS) is 33.0. The standard InChI is InChI=1S/C24H32O3/c1-23(2,3)16-8-11-18-19(12-16)20-13-24(4,14-27-20)21(18)22(25)15-6-9-17(26-5)10-7-15/h6-7,9-10,16,20-21H,8,11-14H2,1-5H3/t16-,20+,21+,24+/m1/s1. The number of fused-ring (bicyclic) bond motifs is 3. The maximum Gasteiger partial charge on any atom is 0.170 e. The van der Waals surface area contributed by atoms with Gasteiger partial charge in [-0.3, -0.25) is 4.79 Å². The van der Waals surface area contributed by atoms with E-state index in [9.17, 15) is 4.79 Å². The Hall–Kier alpha value is -1.61. The first kappa shape index (κ1) is 18.7. The second-order valence-electron chi connectivity index (χ2n) is 10.0. The minimum atomic E-state index is -0.0743. The van der Waals surface area contributed by atoms with E-state index in [1.807, 2.05) is 24.3 Å². The van der Waals surface area contributed by atoms with Crippen LogP contribution in [0.1, 0.15) is 63.7 Å². The van der Waals surface area contributed by atoms with E-state index in [1.54, 1.807) is 7.11 Å². The van der Waals surface area contributed by atoms with Gasteiger partial charge in [-0.25, -0.2) is 0 Å². The Kier molecular flexibility index (Phi) is 4.50. The number of hydrogen-bond donors (Lipinski definition) is 0. The van der Waals surface area contributed by atoms with E-state index in [0.717, 1.165) is 30.6 Å². The molecule has 0 saturated carbocycles. The number of benzene rings is 1. The molecule has 0 N–H and O–H groups in total. The fourth-order valence-corrected chi connectivity index (χ4v) is 5.47. The van der Waals surface area contributed by atoms with Crippen LogP contribution in [-0.4, -0.2) is 25.6 Å². The Balaban J connectivity index is 1.71. The third-order valence-electron chi connectivity index (χ3n) is 7.20. The smallest absolute Gasteiger partial charge is 0.170 e. The molecule has 1 aromatic carbocycles. The highest BCUT2D eigenvalue weighted by atomic mass is 16.5. The SMILES string of the molecule is COc1ccc(C(=O)[C@@H]2C3=C(C[C@H](C(C)(C)C)CC3)[C@@H]3C[C@@]2(C)CO3)cc1. The summed E-state index contributed by atoms with van der Waals surface area (Å²) in [4.78, 5) is 13.6. The molecule has 1 heterocycles. The summed E-state index contributed by atoms with van der Waals surface area (Å²) in [6.45, 7) is 9.96. The molecule has 1 fully saturated rings. The first-order valence-electron chi connectivity index (χ1n) is 10.2. The lowest BCUT2D eigenvalue weighted by Crippen LogP contribution is -2.41. The van der Waals surface area contributed by atoms with Gasteiger partial charge in [-0.1, -0.05) is 33.3 Å². The van der Waals surface area contributed by atoms with Gasteiger partial charge >= 0.3 is 0 Å². The lowest BCUT2D eigenvalue weighted by Gasteiger charge is -2.44. The third kappa shape index (κ3) is 3.14. The molecule has 1 saturated heterocycles. The molecule has 4 rings (SSSR count). The van der Waals surface area contributed by atoms with Crippen molar-refractivity contribution in [1.82, 2.24) is 0 Å². The number of carbonyl (C=O) groups excluding carboxylic acids is 1. The van der Waals surface area contributed by atoms with Crippen molar-refractivity contribution < 1.29 is 14.3 Å². The summed E-state index contributed by atoms with van der Waals surface area (Å²) < 4.78 is 11.5. The van der Waals surface area contributed by atoms with Crippen LogP contribution in [0.4, 0.5) is 0 Å². The minimum Gasteiger partial charge on any atom is -0.497 e. The van der Waals surface area contributed by atoms with Gasteiger partial charge in [0.15, 0.2) is 5.78 Å². The Bertz CT molecular complexity index is 768. The average Bonchev–Trinajstić information content (AvgIpc) is 2.99. The van der Waals surface area contributed by atoms with Gasteiger partial charge in [-0.2, -0.15) is 0 Å². The van der Waals surface area contributed by atoms with E-state index >= 15 is 0 Å². The number of methoxy groups -OCH3 is 1. The van der Waals surface area contributed by atoms with Gasteiger partial charge in [0.2, 0.25) is 0 Å². The van der Waals surface area contributed by atoms with Gasteiger partial charge in [0, 0.05) is 11.0 Å². The first-order chi connectivity index (χ1) is 12.7. The first-order valence-corrected chi connectivity index (χ1v) is 10.2. The van der Waals surface area contributed by atoms with Gasteiger partial charge in [0.25, 0.3) is 0 Å². The molecule has 2 bridgehead atoms. The van der Waals surface area contributed by atoms with E-state index in [1.165, 1.54) is 17.6 Å². The Morgan fingerprint density at radius 1 is 1.19 bits per heavy atom. The van der Waals surface area contributed by atoms with Crippen LogP contribution in [0.3, 0.4) is 0 Å². The molecule has 1 aromatic rings. The van der Waals surface area contributed by atoms with Crippen molar-refractivity contribution in [2.75, 3.05) is 13.7 Å². The predicted octanol–water partition coefficient (Wildman–Crippen LogP) is 5.45. The summed E-state index contributed by atoms with van der Waals surface area (Å²) in [6.07, 6.45) is 4.52. The van der Waals surface area contributed by atoms with Gasteiger partial charge in [-0.05, 0) is 66.9 Å². The molecule has 1 aliphatic heterocycles. The number of hydrogen-bond acceptors (Lipinski definition) is 3. The summed E-state index contributed by atoms with van der Waals surface area (Å²) in [6, 6.07) is 7.59. The summed E-state index contributed by atoms with van der Waals surface area (Å²) >= 11 is 0. The topological polar surface area (TPSA) is 35.5 Å². The molecule has 27 heavy (non-hydrogen) atoms. The van der Waals surface area contributed by atoms with Crippen LogP contribution in [0.25, 0.3) is 0 Å². The Morgan fingerprint density at radius 3 is 2.52 bits per heavy atom. The maximum absolute atomic E-state index is 13.6. The van der Waals surface area contributed by atoms with Crippen LogP contribution in [0.2, 0.25) is 0 Å². The quantitative estimate of drug-likeness (QED) is 0.526. The van der Waals surface area contributed by atoms with Crippen molar-refractivity contribution in [3.05, 3.63) is 41.0 Å². The fourth-order valence-electron chi connectivity index (χ4n) is 5.47. The number of Topliss-reactive ketones (excluding diaryl/α,β-unsaturated/α-hetero) is 1. The molecule has 0 aromatic heterocycles. The van der Waals surface area contributed by atoms with E-state index in [2.05, 4.69) is 27.7 Å². The van der Waals surface area contributed by atoms with E-state index in [0.29, 0.717) is 17.9 Å². The predicted molar refractivity (Wildman–Crippen MR) is 107 cm³/mol. The van der Waals surface area contributed by atoms with Crippen molar-refractivity contribution >= 4 is 5.78 Å². The zero-order chi connectivity index (χ0) is 19.4. The zero-order valence-electron chi connectivity index (χ0n) is 17.3. The van der Waals surface area contributed by atoms with E-state index in [-0.39, 0.29) is 23.2 Å². The molecular formula is C24H32O3. The molecule has 0 radical (unpaired) electrons. The number of ketones is 1. The highest BCUT2D eigenvalue weighted by Crippen LogP contribution is 2.56. The zero-order valence-corrected chi connectivity index (χ0v) is 17.3. The average molecular weight is 369 g/mol. The molecule has 4 atom stereocenters. The highest BCUT2D eigenvalue weighted by molar-refractivity contribution is 6.00. The summed E-state index contributed by atoms with van der Waals surface area (Å²) in [7, 11) is 1.65. The molecule has 2 aliphatic carbocycles. The molecule has 0 unspecified atom stereocenters. The van der Waals surface area contributed by atoms with Gasteiger partial charge in [0.1, 0.15) is 5.75 Å². The molecule has 146 valence electrons. The fraction of sp³-hybridized carbons (Fsp3) is 0.625. The van der Waals surface area contributed by atoms with Crippen LogP contribution in [0, 0.1) is 22.7 Å². The minimum absolute atomic E-state index is 0.0411. The molecule has 0 amide bonds. The molecule has 0 spiro atoms. The largest absolute Gasteiger partial charge is 0.497 e. The van der Waals surface area contributed by atoms with Crippen LogP contribution >= 0.6 is 0 Å². The van der Waals surface area contributed by atoms with Gasteiger partial charge in [-0.15, -0.1) is 0 Å². The van der Waals surface area contributed by atoms with Crippen molar-refractivity contribution in [3.63, 3.8) is 0 Å². The number of rotatable bonds is 3. The number of ether oxygens (including phenoxy) is 2. The van der Waals surface area contributed by atoms with Crippen LogP contribution in [-0.2, 0) is 4.74 Å². The van der Waals surface area contributed by atoms with Crippen LogP contribution < -0.4 is 4.74 Å². The summed E-state index contributed by atoms with van der Waals surface area (Å²) in [5.41, 5.74) is 3.86. The monoisotopic (exact) mass is 368 g/mol. The molecular weight excluding hydrogens is 336 g/mol. The highest BCUT2D eigenvalue weighted by Gasteiger charge is 2.54.